The van der Waals surface area contributed by atoms with Gasteiger partial charge in [0.25, 0.3) is 0 Å². The average molecular weight is 232 g/mol. The van der Waals surface area contributed by atoms with Gasteiger partial charge in [0.1, 0.15) is 0 Å². The molecule has 1 N–H and O–H groups in total. The Morgan fingerprint density at radius 1 is 1.35 bits per heavy atom. The highest BCUT2D eigenvalue weighted by molar-refractivity contribution is 5.93. The van der Waals surface area contributed by atoms with Crippen molar-refractivity contribution >= 4 is 11.6 Å². The third kappa shape index (κ3) is 2.86. The number of rotatable bonds is 4. The average Bonchev–Trinajstić information content (AvgIpc) is 2.27. The van der Waals surface area contributed by atoms with Gasteiger partial charge in [0, 0.05) is 18.7 Å². The van der Waals surface area contributed by atoms with Crippen molar-refractivity contribution in [3.63, 3.8) is 0 Å². The maximum Gasteiger partial charge on any atom is 0.227 e. The van der Waals surface area contributed by atoms with Crippen molar-refractivity contribution in [1.29, 1.82) is 0 Å². The molecule has 0 aromatic heterocycles. The molecule has 3 heteroatoms. The first-order valence-corrected chi connectivity index (χ1v) is 6.28. The van der Waals surface area contributed by atoms with E-state index in [1.165, 1.54) is 5.56 Å². The first-order chi connectivity index (χ1) is 8.20. The van der Waals surface area contributed by atoms with Crippen LogP contribution in [-0.4, -0.2) is 25.5 Å². The second-order valence-electron chi connectivity index (χ2n) is 4.70. The van der Waals surface area contributed by atoms with Crippen LogP contribution in [0, 0.1) is 12.8 Å². The van der Waals surface area contributed by atoms with Gasteiger partial charge in [-0.25, -0.2) is 0 Å². The number of hydrogen-bond donors (Lipinski definition) is 1. The molecular weight excluding hydrogens is 212 g/mol. The van der Waals surface area contributed by atoms with Crippen molar-refractivity contribution in [3.8, 4) is 0 Å². The van der Waals surface area contributed by atoms with E-state index in [2.05, 4.69) is 24.4 Å². The first kappa shape index (κ1) is 12.1. The molecule has 1 heterocycles. The topological polar surface area (TPSA) is 32.3 Å². The SMILES string of the molecule is CCN(C(=O)CC1CNC1)c1ccc(C)cc1. The fourth-order valence-electron chi connectivity index (χ4n) is 2.08. The van der Waals surface area contributed by atoms with E-state index in [9.17, 15) is 4.79 Å². The van der Waals surface area contributed by atoms with Crippen LogP contribution in [0.2, 0.25) is 0 Å². The molecule has 0 saturated carbocycles. The Morgan fingerprint density at radius 2 is 2.00 bits per heavy atom. The third-order valence-corrected chi connectivity index (χ3v) is 3.29. The minimum absolute atomic E-state index is 0.239. The molecule has 0 radical (unpaired) electrons. The zero-order chi connectivity index (χ0) is 12.3. The van der Waals surface area contributed by atoms with Crippen molar-refractivity contribution < 1.29 is 4.79 Å². The molecule has 0 aliphatic carbocycles. The highest BCUT2D eigenvalue weighted by Crippen LogP contribution is 2.18. The fourth-order valence-corrected chi connectivity index (χ4v) is 2.08. The van der Waals surface area contributed by atoms with Crippen LogP contribution in [0.3, 0.4) is 0 Å². The third-order valence-electron chi connectivity index (χ3n) is 3.29. The number of carbonyl (C=O) groups is 1. The number of nitrogens with zero attached hydrogens (tertiary/aromatic N) is 1. The number of carbonyl (C=O) groups excluding carboxylic acids is 1. The zero-order valence-electron chi connectivity index (χ0n) is 10.6. The lowest BCUT2D eigenvalue weighted by Gasteiger charge is -2.29. The van der Waals surface area contributed by atoms with Gasteiger partial charge in [0.15, 0.2) is 0 Å². The molecule has 2 rings (SSSR count). The standard InChI is InChI=1S/C14H20N2O/c1-3-16(13-6-4-11(2)5-7-13)14(17)8-12-9-15-10-12/h4-7,12,15H,3,8-10H2,1-2H3. The monoisotopic (exact) mass is 232 g/mol. The summed E-state index contributed by atoms with van der Waals surface area (Å²) in [7, 11) is 0. The molecule has 0 unspecified atom stereocenters. The normalized spacial score (nSPS) is 15.4. The lowest BCUT2D eigenvalue weighted by Crippen LogP contribution is -2.45. The highest BCUT2D eigenvalue weighted by atomic mass is 16.2. The van der Waals surface area contributed by atoms with E-state index < -0.39 is 0 Å². The van der Waals surface area contributed by atoms with E-state index in [-0.39, 0.29) is 5.91 Å². The summed E-state index contributed by atoms with van der Waals surface area (Å²) in [5, 5.41) is 3.20. The molecule has 0 spiro atoms. The molecule has 1 amide bonds. The van der Waals surface area contributed by atoms with Crippen molar-refractivity contribution in [3.05, 3.63) is 29.8 Å². The summed E-state index contributed by atoms with van der Waals surface area (Å²) in [6.07, 6.45) is 0.661. The number of amides is 1. The number of benzene rings is 1. The van der Waals surface area contributed by atoms with Crippen LogP contribution in [0.1, 0.15) is 18.9 Å². The quantitative estimate of drug-likeness (QED) is 0.860. The van der Waals surface area contributed by atoms with Crippen molar-refractivity contribution in [2.75, 3.05) is 24.5 Å². The first-order valence-electron chi connectivity index (χ1n) is 6.28. The summed E-state index contributed by atoms with van der Waals surface area (Å²) in [5.41, 5.74) is 2.23. The summed E-state index contributed by atoms with van der Waals surface area (Å²) in [5.74, 6) is 0.768. The summed E-state index contributed by atoms with van der Waals surface area (Å²) < 4.78 is 0. The molecule has 0 atom stereocenters. The Labute approximate surface area is 103 Å². The van der Waals surface area contributed by atoms with E-state index >= 15 is 0 Å². The minimum Gasteiger partial charge on any atom is -0.316 e. The summed E-state index contributed by atoms with van der Waals surface area (Å²) in [4.78, 5) is 14.0. The van der Waals surface area contributed by atoms with Gasteiger partial charge in [-0.05, 0) is 45.0 Å². The lowest BCUT2D eigenvalue weighted by molar-refractivity contribution is -0.119. The molecule has 1 aromatic rings. The van der Waals surface area contributed by atoms with E-state index in [1.54, 1.807) is 0 Å². The van der Waals surface area contributed by atoms with Crippen LogP contribution in [0.15, 0.2) is 24.3 Å². The van der Waals surface area contributed by atoms with Crippen LogP contribution < -0.4 is 10.2 Å². The molecule has 1 fully saturated rings. The number of anilines is 1. The Bertz CT molecular complexity index is 382. The maximum atomic E-state index is 12.2. The van der Waals surface area contributed by atoms with E-state index in [1.807, 2.05) is 24.0 Å². The maximum absolute atomic E-state index is 12.2. The van der Waals surface area contributed by atoms with Crippen LogP contribution in [0.25, 0.3) is 0 Å². The summed E-state index contributed by atoms with van der Waals surface area (Å²) in [6, 6.07) is 8.15. The lowest BCUT2D eigenvalue weighted by atomic mass is 9.98. The van der Waals surface area contributed by atoms with Gasteiger partial charge < -0.3 is 10.2 Å². The molecule has 0 bridgehead atoms. The fraction of sp³-hybridized carbons (Fsp3) is 0.500. The largest absolute Gasteiger partial charge is 0.316 e. The molecule has 3 nitrogen and oxygen atoms in total. The predicted octanol–water partition coefficient (Wildman–Crippen LogP) is 1.96. The van der Waals surface area contributed by atoms with Crippen molar-refractivity contribution in [2.24, 2.45) is 5.92 Å². The Hall–Kier alpha value is -1.35. The van der Waals surface area contributed by atoms with Crippen LogP contribution in [-0.2, 0) is 4.79 Å². The van der Waals surface area contributed by atoms with Crippen LogP contribution in [0.4, 0.5) is 5.69 Å². The molecule has 17 heavy (non-hydrogen) atoms. The predicted molar refractivity (Wildman–Crippen MR) is 70.2 cm³/mol. The van der Waals surface area contributed by atoms with Crippen LogP contribution >= 0.6 is 0 Å². The van der Waals surface area contributed by atoms with Crippen LogP contribution in [0.5, 0.6) is 0 Å². The second kappa shape index (κ2) is 5.32. The van der Waals surface area contributed by atoms with Gasteiger partial charge in [-0.1, -0.05) is 17.7 Å². The Kier molecular flexibility index (Phi) is 3.79. The highest BCUT2D eigenvalue weighted by Gasteiger charge is 2.23. The molecule has 1 saturated heterocycles. The summed E-state index contributed by atoms with van der Waals surface area (Å²) >= 11 is 0. The van der Waals surface area contributed by atoms with Crippen molar-refractivity contribution in [2.45, 2.75) is 20.3 Å². The Morgan fingerprint density at radius 3 is 2.47 bits per heavy atom. The van der Waals surface area contributed by atoms with Gasteiger partial charge in [-0.3, -0.25) is 4.79 Å². The van der Waals surface area contributed by atoms with E-state index in [0.717, 1.165) is 25.3 Å². The van der Waals surface area contributed by atoms with Crippen molar-refractivity contribution in [1.82, 2.24) is 5.32 Å². The van der Waals surface area contributed by atoms with Gasteiger partial charge in [0.2, 0.25) is 5.91 Å². The zero-order valence-corrected chi connectivity index (χ0v) is 10.6. The van der Waals surface area contributed by atoms with E-state index in [4.69, 9.17) is 0 Å². The molecule has 92 valence electrons. The smallest absolute Gasteiger partial charge is 0.227 e. The number of nitrogens with one attached hydrogen (secondary N) is 1. The van der Waals surface area contributed by atoms with Gasteiger partial charge in [0.05, 0.1) is 0 Å². The number of hydrogen-bond acceptors (Lipinski definition) is 2. The molecule has 1 aliphatic rings. The van der Waals surface area contributed by atoms with Gasteiger partial charge in [-0.15, -0.1) is 0 Å². The number of aryl methyl sites for hydroxylation is 1. The summed E-state index contributed by atoms with van der Waals surface area (Å²) in [6.45, 7) is 6.79. The Balaban J connectivity index is 2.03. The van der Waals surface area contributed by atoms with E-state index in [0.29, 0.717) is 12.3 Å². The van der Waals surface area contributed by atoms with Gasteiger partial charge in [-0.2, -0.15) is 0 Å². The van der Waals surface area contributed by atoms with Gasteiger partial charge >= 0.3 is 0 Å². The second-order valence-corrected chi connectivity index (χ2v) is 4.70. The minimum atomic E-state index is 0.239. The molecular formula is C14H20N2O. The molecule has 1 aromatic carbocycles. The molecule has 1 aliphatic heterocycles.